The average Bonchev–Trinajstić information content (AvgIpc) is 3.13. The first-order valence-electron chi connectivity index (χ1n) is 8.37. The van der Waals surface area contributed by atoms with E-state index in [1.54, 1.807) is 18.3 Å². The summed E-state index contributed by atoms with van der Waals surface area (Å²) < 4.78 is 12.9. The van der Waals surface area contributed by atoms with E-state index >= 15 is 0 Å². The van der Waals surface area contributed by atoms with Crippen molar-refractivity contribution in [1.82, 2.24) is 15.3 Å². The molecule has 0 amide bonds. The number of halogens is 2. The molecule has 2 aromatic heterocycles. The highest BCUT2D eigenvalue weighted by Crippen LogP contribution is 2.30. The molecule has 4 rings (SSSR count). The minimum absolute atomic E-state index is 0.222. The summed E-state index contributed by atoms with van der Waals surface area (Å²) in [6.45, 7) is 1.30. The zero-order chi connectivity index (χ0) is 17.9. The van der Waals surface area contributed by atoms with E-state index in [0.717, 1.165) is 38.3 Å². The summed E-state index contributed by atoms with van der Waals surface area (Å²) >= 11 is 6.49. The Morgan fingerprint density at radius 1 is 1.00 bits per heavy atom. The van der Waals surface area contributed by atoms with Gasteiger partial charge in [-0.05, 0) is 52.6 Å². The minimum Gasteiger partial charge on any atom is -0.346 e. The molecule has 4 aromatic rings. The molecule has 0 bridgehead atoms. The maximum Gasteiger partial charge on any atom is 0.137 e. The second kappa shape index (κ2) is 7.28. The van der Waals surface area contributed by atoms with E-state index in [9.17, 15) is 4.39 Å². The first kappa shape index (κ1) is 16.8. The highest BCUT2D eigenvalue weighted by Gasteiger charge is 2.08. The number of H-pyrrole nitrogens is 1. The van der Waals surface area contributed by atoms with Crippen LogP contribution in [0.2, 0.25) is 5.02 Å². The van der Waals surface area contributed by atoms with Gasteiger partial charge in [0.2, 0.25) is 0 Å². The van der Waals surface area contributed by atoms with Crippen molar-refractivity contribution >= 4 is 22.6 Å². The molecule has 0 spiro atoms. The Morgan fingerprint density at radius 2 is 1.85 bits per heavy atom. The van der Waals surface area contributed by atoms with Crippen LogP contribution in [0.15, 0.2) is 67.0 Å². The third-order valence-electron chi connectivity index (χ3n) is 4.38. The Hall–Kier alpha value is -2.69. The smallest absolute Gasteiger partial charge is 0.137 e. The molecular formula is C21H17ClFN3. The van der Waals surface area contributed by atoms with Gasteiger partial charge < -0.3 is 10.3 Å². The number of rotatable bonds is 5. The lowest BCUT2D eigenvalue weighted by Crippen LogP contribution is -2.13. The largest absolute Gasteiger partial charge is 0.346 e. The minimum atomic E-state index is -0.222. The first-order chi connectivity index (χ1) is 12.7. The van der Waals surface area contributed by atoms with Crippen LogP contribution in [0.5, 0.6) is 0 Å². The van der Waals surface area contributed by atoms with Gasteiger partial charge >= 0.3 is 0 Å². The Balaban J connectivity index is 1.49. The van der Waals surface area contributed by atoms with Crippen LogP contribution < -0.4 is 5.32 Å². The van der Waals surface area contributed by atoms with Gasteiger partial charge in [0.25, 0.3) is 0 Å². The van der Waals surface area contributed by atoms with Gasteiger partial charge in [0, 0.05) is 35.9 Å². The quantitative estimate of drug-likeness (QED) is 0.503. The van der Waals surface area contributed by atoms with E-state index in [1.165, 1.54) is 12.1 Å². The molecule has 0 saturated heterocycles. The van der Waals surface area contributed by atoms with Gasteiger partial charge in [-0.1, -0.05) is 35.9 Å². The van der Waals surface area contributed by atoms with Gasteiger partial charge in [-0.2, -0.15) is 0 Å². The molecule has 3 nitrogen and oxygen atoms in total. The standard InChI is InChI=1S/C21H17ClFN3/c22-20-11-15(18-7-9-25-21-19(18)8-10-26-21)3-4-16(20)13-24-12-14-1-5-17(23)6-2-14/h1-11,24H,12-13H2,(H,25,26). The molecule has 0 radical (unpaired) electrons. The topological polar surface area (TPSA) is 40.7 Å². The molecular weight excluding hydrogens is 349 g/mol. The zero-order valence-electron chi connectivity index (χ0n) is 14.0. The van der Waals surface area contributed by atoms with Crippen LogP contribution in [0, 0.1) is 5.82 Å². The summed E-state index contributed by atoms with van der Waals surface area (Å²) in [5.41, 5.74) is 5.08. The zero-order valence-corrected chi connectivity index (χ0v) is 14.7. The number of nitrogens with one attached hydrogen (secondary N) is 2. The Morgan fingerprint density at radius 3 is 2.65 bits per heavy atom. The predicted molar refractivity (Wildman–Crippen MR) is 103 cm³/mol. The number of fused-ring (bicyclic) bond motifs is 1. The second-order valence-electron chi connectivity index (χ2n) is 6.13. The van der Waals surface area contributed by atoms with Crippen molar-refractivity contribution < 1.29 is 4.39 Å². The van der Waals surface area contributed by atoms with Crippen LogP contribution in [-0.4, -0.2) is 9.97 Å². The number of hydrogen-bond acceptors (Lipinski definition) is 2. The number of nitrogens with zero attached hydrogens (tertiary/aromatic N) is 1. The first-order valence-corrected chi connectivity index (χ1v) is 8.74. The fraction of sp³-hybridized carbons (Fsp3) is 0.0952. The average molecular weight is 366 g/mol. The van der Waals surface area contributed by atoms with Crippen LogP contribution in [0.1, 0.15) is 11.1 Å². The maximum absolute atomic E-state index is 12.9. The van der Waals surface area contributed by atoms with Gasteiger partial charge in [-0.15, -0.1) is 0 Å². The van der Waals surface area contributed by atoms with E-state index < -0.39 is 0 Å². The monoisotopic (exact) mass is 365 g/mol. The number of aromatic nitrogens is 2. The number of aromatic amines is 1. The van der Waals surface area contributed by atoms with Gasteiger partial charge in [0.05, 0.1) is 0 Å². The summed E-state index contributed by atoms with van der Waals surface area (Å²) in [5, 5.41) is 5.13. The molecule has 0 atom stereocenters. The third-order valence-corrected chi connectivity index (χ3v) is 4.73. The van der Waals surface area contributed by atoms with Crippen molar-refractivity contribution in [1.29, 1.82) is 0 Å². The van der Waals surface area contributed by atoms with Crippen molar-refractivity contribution in [2.75, 3.05) is 0 Å². The van der Waals surface area contributed by atoms with Crippen LogP contribution in [0.25, 0.3) is 22.2 Å². The number of pyridine rings is 1. The third kappa shape index (κ3) is 3.47. The van der Waals surface area contributed by atoms with E-state index in [-0.39, 0.29) is 5.82 Å². The van der Waals surface area contributed by atoms with Crippen LogP contribution >= 0.6 is 11.6 Å². The van der Waals surface area contributed by atoms with Crippen LogP contribution in [0.3, 0.4) is 0 Å². The van der Waals surface area contributed by atoms with Crippen LogP contribution in [-0.2, 0) is 13.1 Å². The lowest BCUT2D eigenvalue weighted by atomic mass is 10.0. The van der Waals surface area contributed by atoms with Gasteiger partial charge in [-0.25, -0.2) is 9.37 Å². The normalized spacial score (nSPS) is 11.2. The molecule has 0 aliphatic carbocycles. The number of hydrogen-bond donors (Lipinski definition) is 2. The summed E-state index contributed by atoms with van der Waals surface area (Å²) in [6.07, 6.45) is 3.68. The molecule has 26 heavy (non-hydrogen) atoms. The van der Waals surface area contributed by atoms with E-state index in [0.29, 0.717) is 13.1 Å². The summed E-state index contributed by atoms with van der Waals surface area (Å²) in [5.74, 6) is -0.222. The van der Waals surface area contributed by atoms with E-state index in [4.69, 9.17) is 11.6 Å². The lowest BCUT2D eigenvalue weighted by molar-refractivity contribution is 0.625. The molecule has 0 unspecified atom stereocenters. The molecule has 2 heterocycles. The summed E-state index contributed by atoms with van der Waals surface area (Å²) in [7, 11) is 0. The molecule has 2 aromatic carbocycles. The summed E-state index contributed by atoms with van der Waals surface area (Å²) in [4.78, 5) is 7.45. The van der Waals surface area contributed by atoms with Gasteiger partial charge in [-0.3, -0.25) is 0 Å². The fourth-order valence-electron chi connectivity index (χ4n) is 3.01. The van der Waals surface area contributed by atoms with Gasteiger partial charge in [0.1, 0.15) is 11.5 Å². The van der Waals surface area contributed by atoms with Gasteiger partial charge in [0.15, 0.2) is 0 Å². The molecule has 2 N–H and O–H groups in total. The molecule has 130 valence electrons. The Kier molecular flexibility index (Phi) is 4.69. The molecule has 0 fully saturated rings. The SMILES string of the molecule is Fc1ccc(CNCc2ccc(-c3ccnc4[nH]ccc34)cc2Cl)cc1. The molecule has 0 aliphatic heterocycles. The van der Waals surface area contributed by atoms with Crippen LogP contribution in [0.4, 0.5) is 4.39 Å². The maximum atomic E-state index is 12.9. The highest BCUT2D eigenvalue weighted by molar-refractivity contribution is 6.31. The second-order valence-corrected chi connectivity index (χ2v) is 6.54. The van der Waals surface area contributed by atoms with Crippen molar-refractivity contribution in [3.8, 4) is 11.1 Å². The lowest BCUT2D eigenvalue weighted by Gasteiger charge is -2.10. The summed E-state index contributed by atoms with van der Waals surface area (Å²) in [6, 6.07) is 16.6. The Bertz CT molecular complexity index is 1040. The van der Waals surface area contributed by atoms with Crippen molar-refractivity contribution in [2.24, 2.45) is 0 Å². The van der Waals surface area contributed by atoms with Crippen molar-refractivity contribution in [3.63, 3.8) is 0 Å². The fourth-order valence-corrected chi connectivity index (χ4v) is 3.26. The molecule has 0 aliphatic rings. The molecule has 0 saturated carbocycles. The van der Waals surface area contributed by atoms with Crippen molar-refractivity contribution in [2.45, 2.75) is 13.1 Å². The Labute approximate surface area is 155 Å². The molecule has 5 heteroatoms. The van der Waals surface area contributed by atoms with E-state index in [1.807, 2.05) is 30.5 Å². The van der Waals surface area contributed by atoms with Crippen molar-refractivity contribution in [3.05, 3.63) is 89.0 Å². The number of benzene rings is 2. The predicted octanol–water partition coefficient (Wildman–Crippen LogP) is 5.31. The highest BCUT2D eigenvalue weighted by atomic mass is 35.5. The van der Waals surface area contributed by atoms with E-state index in [2.05, 4.69) is 21.4 Å².